The number of nitrogens with one attached hydrogen (secondary N) is 2. The van der Waals surface area contributed by atoms with Crippen molar-refractivity contribution in [1.82, 2.24) is 10.6 Å². The highest BCUT2D eigenvalue weighted by Crippen LogP contribution is 2.15. The molecule has 2 amide bonds. The number of aryl methyl sites for hydroxylation is 2. The highest BCUT2D eigenvalue weighted by Gasteiger charge is 2.15. The summed E-state index contributed by atoms with van der Waals surface area (Å²) >= 11 is 0. The monoisotopic (exact) mass is 468 g/mol. The van der Waals surface area contributed by atoms with Crippen molar-refractivity contribution in [1.29, 1.82) is 0 Å². The summed E-state index contributed by atoms with van der Waals surface area (Å²) in [5.41, 5.74) is 2.48. The molecule has 0 bridgehead atoms. The Balaban J connectivity index is 1.51. The van der Waals surface area contributed by atoms with Crippen molar-refractivity contribution in [2.45, 2.75) is 78.4 Å². The van der Waals surface area contributed by atoms with Crippen molar-refractivity contribution < 1.29 is 19.1 Å². The second kappa shape index (κ2) is 15.0. The van der Waals surface area contributed by atoms with Gasteiger partial charge in [0.05, 0.1) is 0 Å². The van der Waals surface area contributed by atoms with Crippen LogP contribution in [0.1, 0.15) is 64.5 Å². The van der Waals surface area contributed by atoms with E-state index in [1.54, 1.807) is 13.8 Å². The van der Waals surface area contributed by atoms with Crippen LogP contribution in [0.4, 0.5) is 0 Å². The average molecular weight is 469 g/mol. The lowest BCUT2D eigenvalue weighted by molar-refractivity contribution is -0.128. The maximum atomic E-state index is 12.2. The number of unbranched alkanes of at least 4 members (excludes halogenated alkanes) is 3. The molecule has 2 aromatic carbocycles. The van der Waals surface area contributed by atoms with Gasteiger partial charge in [0.2, 0.25) is 0 Å². The number of rotatable bonds is 15. The summed E-state index contributed by atoms with van der Waals surface area (Å²) in [6, 6.07) is 15.7. The van der Waals surface area contributed by atoms with Crippen molar-refractivity contribution >= 4 is 11.8 Å². The lowest BCUT2D eigenvalue weighted by Gasteiger charge is -2.15. The van der Waals surface area contributed by atoms with Crippen LogP contribution < -0.4 is 20.1 Å². The molecule has 0 radical (unpaired) electrons. The largest absolute Gasteiger partial charge is 0.481 e. The standard InChI is InChI=1S/C28H40N2O4/c1-5-23-11-15-25(16-12-23)33-21(3)27(31)29-19-9-7-8-10-20-30-28(32)22(4)34-26-17-13-24(6-2)14-18-26/h11-18,21-22H,5-10,19-20H2,1-4H3,(H,29,31)(H,30,32). The minimum absolute atomic E-state index is 0.106. The normalized spacial score (nSPS) is 12.5. The predicted molar refractivity (Wildman–Crippen MR) is 136 cm³/mol. The van der Waals surface area contributed by atoms with E-state index in [1.165, 1.54) is 11.1 Å². The summed E-state index contributed by atoms with van der Waals surface area (Å²) in [5, 5.41) is 5.86. The van der Waals surface area contributed by atoms with Crippen LogP contribution in [-0.4, -0.2) is 37.1 Å². The maximum absolute atomic E-state index is 12.2. The molecule has 0 saturated heterocycles. The molecule has 2 aromatic rings. The van der Waals surface area contributed by atoms with Gasteiger partial charge in [-0.05, 0) is 74.9 Å². The molecule has 0 aliphatic rings. The second-order valence-corrected chi connectivity index (χ2v) is 8.51. The second-order valence-electron chi connectivity index (χ2n) is 8.51. The third kappa shape index (κ3) is 9.86. The van der Waals surface area contributed by atoms with Crippen LogP contribution in [0.5, 0.6) is 11.5 Å². The first-order valence-corrected chi connectivity index (χ1v) is 12.5. The van der Waals surface area contributed by atoms with Crippen molar-refractivity contribution in [3.8, 4) is 11.5 Å². The SMILES string of the molecule is CCc1ccc(OC(C)C(=O)NCCCCCCNC(=O)C(C)Oc2ccc(CC)cc2)cc1. The van der Waals surface area contributed by atoms with Crippen molar-refractivity contribution in [2.24, 2.45) is 0 Å². The van der Waals surface area contributed by atoms with Gasteiger partial charge in [-0.25, -0.2) is 0 Å². The van der Waals surface area contributed by atoms with Gasteiger partial charge < -0.3 is 20.1 Å². The molecule has 0 heterocycles. The number of hydrogen-bond acceptors (Lipinski definition) is 4. The van der Waals surface area contributed by atoms with E-state index in [2.05, 4.69) is 24.5 Å². The van der Waals surface area contributed by atoms with Gasteiger partial charge in [-0.3, -0.25) is 9.59 Å². The van der Waals surface area contributed by atoms with E-state index in [1.807, 2.05) is 48.5 Å². The van der Waals surface area contributed by atoms with Crippen LogP contribution in [0.2, 0.25) is 0 Å². The molecule has 6 nitrogen and oxygen atoms in total. The molecule has 6 heteroatoms. The fourth-order valence-corrected chi connectivity index (χ4v) is 3.44. The Morgan fingerprint density at radius 1 is 0.647 bits per heavy atom. The molecule has 34 heavy (non-hydrogen) atoms. The predicted octanol–water partition coefficient (Wildman–Crippen LogP) is 4.84. The fraction of sp³-hybridized carbons (Fsp3) is 0.500. The zero-order valence-electron chi connectivity index (χ0n) is 21.1. The Bertz CT molecular complexity index is 791. The summed E-state index contributed by atoms with van der Waals surface area (Å²) < 4.78 is 11.4. The van der Waals surface area contributed by atoms with Gasteiger partial charge in [-0.2, -0.15) is 0 Å². The highest BCUT2D eigenvalue weighted by atomic mass is 16.5. The Labute approximate surface area is 204 Å². The Kier molecular flexibility index (Phi) is 12.0. The van der Waals surface area contributed by atoms with Gasteiger partial charge in [0.1, 0.15) is 11.5 Å². The highest BCUT2D eigenvalue weighted by molar-refractivity contribution is 5.81. The summed E-state index contributed by atoms with van der Waals surface area (Å²) in [5.74, 6) is 1.20. The number of benzene rings is 2. The summed E-state index contributed by atoms with van der Waals surface area (Å²) in [6.07, 6.45) is 4.65. The van der Waals surface area contributed by atoms with Crippen LogP contribution >= 0.6 is 0 Å². The van der Waals surface area contributed by atoms with Crippen LogP contribution in [-0.2, 0) is 22.4 Å². The minimum Gasteiger partial charge on any atom is -0.481 e. The summed E-state index contributed by atoms with van der Waals surface area (Å²) in [7, 11) is 0. The van der Waals surface area contributed by atoms with Gasteiger partial charge in [0.15, 0.2) is 12.2 Å². The molecular formula is C28H40N2O4. The lowest BCUT2D eigenvalue weighted by atomic mass is 10.2. The molecule has 2 N–H and O–H groups in total. The van der Waals surface area contributed by atoms with E-state index in [4.69, 9.17) is 9.47 Å². The van der Waals surface area contributed by atoms with Crippen LogP contribution in [0.25, 0.3) is 0 Å². The Hall–Kier alpha value is -3.02. The van der Waals surface area contributed by atoms with Gasteiger partial charge in [-0.1, -0.05) is 51.0 Å². The van der Waals surface area contributed by atoms with Crippen molar-refractivity contribution in [3.05, 3.63) is 59.7 Å². The third-order valence-electron chi connectivity index (χ3n) is 5.73. The molecule has 0 aliphatic carbocycles. The Morgan fingerprint density at radius 3 is 1.32 bits per heavy atom. The van der Waals surface area contributed by atoms with E-state index >= 15 is 0 Å². The molecule has 2 unspecified atom stereocenters. The molecule has 2 rings (SSSR count). The third-order valence-corrected chi connectivity index (χ3v) is 5.73. The smallest absolute Gasteiger partial charge is 0.260 e. The molecule has 0 fully saturated rings. The Morgan fingerprint density at radius 2 is 1.00 bits per heavy atom. The zero-order valence-corrected chi connectivity index (χ0v) is 21.1. The first-order valence-electron chi connectivity index (χ1n) is 12.5. The molecular weight excluding hydrogens is 428 g/mol. The van der Waals surface area contributed by atoms with E-state index < -0.39 is 12.2 Å². The minimum atomic E-state index is -0.531. The molecule has 0 aromatic heterocycles. The summed E-state index contributed by atoms with van der Waals surface area (Å²) in [4.78, 5) is 24.4. The quantitative estimate of drug-likeness (QED) is 0.367. The van der Waals surface area contributed by atoms with E-state index in [0.717, 1.165) is 38.5 Å². The molecule has 0 aliphatic heterocycles. The first kappa shape index (κ1) is 27.2. The number of carbonyl (C=O) groups excluding carboxylic acids is 2. The molecule has 2 atom stereocenters. The van der Waals surface area contributed by atoms with E-state index in [0.29, 0.717) is 24.6 Å². The number of hydrogen-bond donors (Lipinski definition) is 2. The number of amides is 2. The molecule has 186 valence electrons. The number of ether oxygens (including phenoxy) is 2. The van der Waals surface area contributed by atoms with Gasteiger partial charge in [0, 0.05) is 13.1 Å². The maximum Gasteiger partial charge on any atom is 0.260 e. The van der Waals surface area contributed by atoms with Crippen molar-refractivity contribution in [2.75, 3.05) is 13.1 Å². The van der Waals surface area contributed by atoms with Crippen LogP contribution in [0.15, 0.2) is 48.5 Å². The van der Waals surface area contributed by atoms with Crippen LogP contribution in [0.3, 0.4) is 0 Å². The lowest BCUT2D eigenvalue weighted by Crippen LogP contribution is -2.37. The zero-order chi connectivity index (χ0) is 24.8. The molecule has 0 spiro atoms. The van der Waals surface area contributed by atoms with Gasteiger partial charge >= 0.3 is 0 Å². The van der Waals surface area contributed by atoms with E-state index in [-0.39, 0.29) is 11.8 Å². The van der Waals surface area contributed by atoms with Gasteiger partial charge in [-0.15, -0.1) is 0 Å². The fourth-order valence-electron chi connectivity index (χ4n) is 3.44. The van der Waals surface area contributed by atoms with Crippen molar-refractivity contribution in [3.63, 3.8) is 0 Å². The average Bonchev–Trinajstić information content (AvgIpc) is 2.86. The topological polar surface area (TPSA) is 76.7 Å². The molecule has 0 saturated carbocycles. The summed E-state index contributed by atoms with van der Waals surface area (Å²) in [6.45, 7) is 8.97. The first-order chi connectivity index (χ1) is 16.4. The number of carbonyl (C=O) groups is 2. The van der Waals surface area contributed by atoms with E-state index in [9.17, 15) is 9.59 Å². The van der Waals surface area contributed by atoms with Gasteiger partial charge in [0.25, 0.3) is 11.8 Å². The van der Waals surface area contributed by atoms with Crippen LogP contribution in [0, 0.1) is 0 Å².